The van der Waals surface area contributed by atoms with Crippen molar-refractivity contribution < 1.29 is 24.5 Å². The molecule has 0 aromatic carbocycles. The zero-order valence-corrected chi connectivity index (χ0v) is 18.5. The minimum absolute atomic E-state index is 0.0208. The first-order chi connectivity index (χ1) is 15.4. The Morgan fingerprint density at radius 2 is 2.31 bits per heavy atom. The van der Waals surface area contributed by atoms with Crippen LogP contribution in [0.3, 0.4) is 0 Å². The molecule has 3 rings (SSSR count). The van der Waals surface area contributed by atoms with Crippen molar-refractivity contribution in [2.24, 2.45) is 0 Å². The van der Waals surface area contributed by atoms with E-state index in [1.807, 2.05) is 6.07 Å². The van der Waals surface area contributed by atoms with Crippen LogP contribution in [0.1, 0.15) is 28.0 Å². The molecule has 0 fully saturated rings. The number of nitrogens with one attached hydrogen (secondary N) is 2. The zero-order chi connectivity index (χ0) is 23.1. The van der Waals surface area contributed by atoms with Gasteiger partial charge in [-0.15, -0.1) is 11.3 Å². The average Bonchev–Trinajstić information content (AvgIpc) is 3.14. The number of hydrogen-bond acceptors (Lipinski definition) is 8. The number of fused-ring (bicyclic) bond motifs is 1. The van der Waals surface area contributed by atoms with Crippen molar-refractivity contribution in [3.8, 4) is 0 Å². The Morgan fingerprint density at radius 3 is 3.00 bits per heavy atom. The van der Waals surface area contributed by atoms with Gasteiger partial charge in [-0.05, 0) is 36.1 Å². The Bertz CT molecular complexity index is 992. The number of carbonyl (C=O) groups is 2. The lowest BCUT2D eigenvalue weighted by atomic mass is 9.93. The highest BCUT2D eigenvalue weighted by Gasteiger charge is 2.28. The molecule has 0 aliphatic heterocycles. The van der Waals surface area contributed by atoms with Crippen LogP contribution in [0, 0.1) is 5.41 Å². The molecular weight excluding hydrogens is 432 g/mol. The van der Waals surface area contributed by atoms with Crippen molar-refractivity contribution in [1.29, 1.82) is 5.41 Å². The highest BCUT2D eigenvalue weighted by molar-refractivity contribution is 7.17. The summed E-state index contributed by atoms with van der Waals surface area (Å²) in [6, 6.07) is 3.63. The second-order valence-corrected chi connectivity index (χ2v) is 8.57. The van der Waals surface area contributed by atoms with Crippen molar-refractivity contribution in [2.45, 2.75) is 31.5 Å². The van der Waals surface area contributed by atoms with E-state index in [1.54, 1.807) is 24.5 Å². The van der Waals surface area contributed by atoms with E-state index in [1.165, 1.54) is 35.6 Å². The summed E-state index contributed by atoms with van der Waals surface area (Å²) in [7, 11) is 1.50. The van der Waals surface area contributed by atoms with E-state index in [9.17, 15) is 14.7 Å². The number of aromatic nitrogens is 1. The third kappa shape index (κ3) is 6.00. The number of likely N-dealkylation sites (N-methyl/N-ethyl adjacent to an activating group) is 1. The highest BCUT2D eigenvalue weighted by Crippen LogP contribution is 2.38. The lowest BCUT2D eigenvalue weighted by Gasteiger charge is -2.26. The summed E-state index contributed by atoms with van der Waals surface area (Å²) in [5, 5.41) is 29.6. The Hall–Kier alpha value is -3.08. The Balaban J connectivity index is 1.64. The van der Waals surface area contributed by atoms with Gasteiger partial charge >= 0.3 is 6.09 Å². The number of anilines is 1. The SMILES string of the molecule is CN(CC(O)CO)C(=O)OC1CCc2c(sc(NC(=O)/C=C/c3cccnc3)c2C=N)C1. The molecule has 1 aliphatic carbocycles. The van der Waals surface area contributed by atoms with Gasteiger partial charge in [-0.1, -0.05) is 6.07 Å². The number of aliphatic hydroxyl groups excluding tert-OH is 2. The largest absolute Gasteiger partial charge is 0.446 e. The van der Waals surface area contributed by atoms with Crippen LogP contribution in [0.25, 0.3) is 6.08 Å². The summed E-state index contributed by atoms with van der Waals surface area (Å²) in [4.78, 5) is 30.8. The van der Waals surface area contributed by atoms with E-state index >= 15 is 0 Å². The van der Waals surface area contributed by atoms with Crippen LogP contribution in [0.4, 0.5) is 9.80 Å². The first-order valence-corrected chi connectivity index (χ1v) is 11.0. The zero-order valence-electron chi connectivity index (χ0n) is 17.7. The number of amides is 2. The van der Waals surface area contributed by atoms with E-state index in [0.29, 0.717) is 29.8 Å². The van der Waals surface area contributed by atoms with Crippen LogP contribution in [0.2, 0.25) is 0 Å². The maximum Gasteiger partial charge on any atom is 0.409 e. The molecule has 2 heterocycles. The van der Waals surface area contributed by atoms with Crippen LogP contribution in [-0.4, -0.2) is 70.7 Å². The Labute approximate surface area is 189 Å². The maximum atomic E-state index is 12.4. The number of thiophene rings is 1. The summed E-state index contributed by atoms with van der Waals surface area (Å²) in [6.45, 7) is -0.453. The van der Waals surface area contributed by atoms with Gasteiger partial charge in [0.05, 0.1) is 19.3 Å². The van der Waals surface area contributed by atoms with E-state index < -0.39 is 18.8 Å². The van der Waals surface area contributed by atoms with Crippen LogP contribution in [-0.2, 0) is 22.4 Å². The third-order valence-electron chi connectivity index (χ3n) is 5.03. The molecule has 2 aromatic rings. The predicted molar refractivity (Wildman–Crippen MR) is 122 cm³/mol. The second-order valence-electron chi connectivity index (χ2n) is 7.47. The number of aliphatic hydroxyl groups is 2. The molecule has 0 bridgehead atoms. The predicted octanol–water partition coefficient (Wildman–Crippen LogP) is 2.07. The lowest BCUT2D eigenvalue weighted by molar-refractivity contribution is -0.111. The van der Waals surface area contributed by atoms with Crippen molar-refractivity contribution in [2.75, 3.05) is 25.5 Å². The fraction of sp³-hybridized carbons (Fsp3) is 0.364. The molecule has 10 heteroatoms. The molecule has 2 unspecified atom stereocenters. The van der Waals surface area contributed by atoms with Gasteiger partial charge in [-0.2, -0.15) is 0 Å². The minimum Gasteiger partial charge on any atom is -0.446 e. The van der Waals surface area contributed by atoms with E-state index in [-0.39, 0.29) is 18.6 Å². The lowest BCUT2D eigenvalue weighted by Crippen LogP contribution is -2.38. The molecule has 0 spiro atoms. The summed E-state index contributed by atoms with van der Waals surface area (Å²) in [5.41, 5.74) is 2.48. The van der Waals surface area contributed by atoms with E-state index in [0.717, 1.165) is 16.0 Å². The van der Waals surface area contributed by atoms with Crippen LogP contribution in [0.15, 0.2) is 30.6 Å². The molecule has 2 atom stereocenters. The molecule has 0 saturated heterocycles. The van der Waals surface area contributed by atoms with Crippen LogP contribution in [0.5, 0.6) is 0 Å². The fourth-order valence-corrected chi connectivity index (χ4v) is 4.70. The van der Waals surface area contributed by atoms with Crippen molar-refractivity contribution in [1.82, 2.24) is 9.88 Å². The van der Waals surface area contributed by atoms with Crippen molar-refractivity contribution in [3.05, 3.63) is 52.2 Å². The molecule has 0 saturated carbocycles. The molecule has 4 N–H and O–H groups in total. The molecular formula is C22H26N4O5S. The van der Waals surface area contributed by atoms with Gasteiger partial charge < -0.3 is 30.6 Å². The molecule has 32 heavy (non-hydrogen) atoms. The third-order valence-corrected chi connectivity index (χ3v) is 6.21. The number of rotatable bonds is 8. The Kier molecular flexibility index (Phi) is 8.09. The van der Waals surface area contributed by atoms with Crippen molar-refractivity contribution in [3.63, 3.8) is 0 Å². The van der Waals surface area contributed by atoms with E-state index in [2.05, 4.69) is 10.3 Å². The first-order valence-electron chi connectivity index (χ1n) is 10.2. The second kappa shape index (κ2) is 11.0. The van der Waals surface area contributed by atoms with Gasteiger partial charge in [0.25, 0.3) is 0 Å². The van der Waals surface area contributed by atoms with Gasteiger partial charge in [0.1, 0.15) is 11.1 Å². The van der Waals surface area contributed by atoms with Crippen molar-refractivity contribution >= 4 is 40.6 Å². The maximum absolute atomic E-state index is 12.4. The first kappa shape index (κ1) is 23.6. The number of carbonyl (C=O) groups excluding carboxylic acids is 2. The molecule has 2 aromatic heterocycles. The van der Waals surface area contributed by atoms with Gasteiger partial charge in [-0.25, -0.2) is 4.79 Å². The van der Waals surface area contributed by atoms with Gasteiger partial charge in [0.15, 0.2) is 0 Å². The summed E-state index contributed by atoms with van der Waals surface area (Å²) in [6.07, 6.45) is 7.43. The smallest absolute Gasteiger partial charge is 0.409 e. The standard InChI is InChI=1S/C22H26N4O5S/c1-26(12-15(28)13-27)22(30)31-16-5-6-17-18(10-23)21(32-19(17)9-16)25-20(29)7-4-14-3-2-8-24-11-14/h2-4,7-8,10-11,15-16,23,27-28H,5-6,9,12-13H2,1H3,(H,25,29)/b7-4+,23-10?. The van der Waals surface area contributed by atoms with Gasteiger partial charge in [-0.3, -0.25) is 9.78 Å². The molecule has 2 amide bonds. The minimum atomic E-state index is -1.02. The number of hydrogen-bond donors (Lipinski definition) is 4. The molecule has 170 valence electrons. The Morgan fingerprint density at radius 1 is 1.50 bits per heavy atom. The molecule has 0 radical (unpaired) electrons. The molecule has 1 aliphatic rings. The van der Waals surface area contributed by atoms with Crippen LogP contribution < -0.4 is 5.32 Å². The number of nitrogens with zero attached hydrogens (tertiary/aromatic N) is 2. The fourth-order valence-electron chi connectivity index (χ4n) is 3.41. The monoisotopic (exact) mass is 458 g/mol. The summed E-state index contributed by atoms with van der Waals surface area (Å²) in [5.74, 6) is -0.303. The topological polar surface area (TPSA) is 136 Å². The number of pyridine rings is 1. The summed E-state index contributed by atoms with van der Waals surface area (Å²) < 4.78 is 5.55. The van der Waals surface area contributed by atoms with Crippen LogP contribution >= 0.6 is 11.3 Å². The quantitative estimate of drug-likeness (QED) is 0.353. The number of ether oxygens (including phenoxy) is 1. The van der Waals surface area contributed by atoms with Gasteiger partial charge in [0.2, 0.25) is 5.91 Å². The van der Waals surface area contributed by atoms with E-state index in [4.69, 9.17) is 15.3 Å². The normalized spacial score (nSPS) is 16.3. The molecule has 9 nitrogen and oxygen atoms in total. The highest BCUT2D eigenvalue weighted by atomic mass is 32.1. The average molecular weight is 459 g/mol. The van der Waals surface area contributed by atoms with Gasteiger partial charge in [0, 0.05) is 48.6 Å². The summed E-state index contributed by atoms with van der Waals surface area (Å²) >= 11 is 1.38.